The number of carbonyl (C=O) groups excluding carboxylic acids is 1. The molecule has 0 unspecified atom stereocenters. The summed E-state index contributed by atoms with van der Waals surface area (Å²) in [4.78, 5) is 11.6. The van der Waals surface area contributed by atoms with Gasteiger partial charge in [-0.3, -0.25) is 4.79 Å². The van der Waals surface area contributed by atoms with Crippen molar-refractivity contribution in [1.29, 1.82) is 0 Å². The standard InChI is InChI=1S/C11H14FNO3/c1-7(6-14)13-11(15)8-3-4-9(12)10(5-8)16-2/h3-5,7,14H,6H2,1-2H3,(H,13,15)/t7-/m0/s1. The van der Waals surface area contributed by atoms with Crippen molar-refractivity contribution in [1.82, 2.24) is 5.32 Å². The van der Waals surface area contributed by atoms with Gasteiger partial charge in [-0.2, -0.15) is 0 Å². The molecule has 5 heteroatoms. The minimum absolute atomic E-state index is 0.0179. The normalized spacial score (nSPS) is 12.0. The SMILES string of the molecule is COc1cc(C(=O)N[C@@H](C)CO)ccc1F. The molecule has 0 bridgehead atoms. The smallest absolute Gasteiger partial charge is 0.251 e. The lowest BCUT2D eigenvalue weighted by molar-refractivity contribution is 0.0922. The van der Waals surface area contributed by atoms with E-state index in [-0.39, 0.29) is 24.3 Å². The summed E-state index contributed by atoms with van der Waals surface area (Å²) in [5.41, 5.74) is 0.290. The zero-order valence-electron chi connectivity index (χ0n) is 9.16. The molecule has 0 saturated heterocycles. The van der Waals surface area contributed by atoms with Gasteiger partial charge in [-0.15, -0.1) is 0 Å². The number of hydrogen-bond acceptors (Lipinski definition) is 3. The summed E-state index contributed by atoms with van der Waals surface area (Å²) in [6.45, 7) is 1.52. The van der Waals surface area contributed by atoms with E-state index in [2.05, 4.69) is 5.32 Å². The second kappa shape index (κ2) is 5.46. The largest absolute Gasteiger partial charge is 0.494 e. The van der Waals surface area contributed by atoms with Crippen molar-refractivity contribution < 1.29 is 19.0 Å². The lowest BCUT2D eigenvalue weighted by Crippen LogP contribution is -2.34. The van der Waals surface area contributed by atoms with Crippen molar-refractivity contribution in [2.45, 2.75) is 13.0 Å². The van der Waals surface area contributed by atoms with E-state index in [1.54, 1.807) is 6.92 Å². The number of hydrogen-bond donors (Lipinski definition) is 2. The maximum Gasteiger partial charge on any atom is 0.251 e. The zero-order valence-corrected chi connectivity index (χ0v) is 9.16. The number of halogens is 1. The van der Waals surface area contributed by atoms with E-state index >= 15 is 0 Å². The first-order valence-corrected chi connectivity index (χ1v) is 4.83. The van der Waals surface area contributed by atoms with Crippen molar-refractivity contribution in [3.05, 3.63) is 29.6 Å². The fraction of sp³-hybridized carbons (Fsp3) is 0.364. The highest BCUT2D eigenvalue weighted by Crippen LogP contribution is 2.18. The molecule has 1 atom stereocenters. The van der Waals surface area contributed by atoms with E-state index in [0.29, 0.717) is 5.56 Å². The molecule has 0 radical (unpaired) electrons. The Morgan fingerprint density at radius 1 is 1.62 bits per heavy atom. The van der Waals surface area contributed by atoms with Gasteiger partial charge in [0.2, 0.25) is 0 Å². The molecule has 1 rings (SSSR count). The van der Waals surface area contributed by atoms with Crippen LogP contribution in [-0.4, -0.2) is 30.8 Å². The molecule has 0 heterocycles. The van der Waals surface area contributed by atoms with Gasteiger partial charge in [0.1, 0.15) is 0 Å². The van der Waals surface area contributed by atoms with Gasteiger partial charge < -0.3 is 15.2 Å². The van der Waals surface area contributed by atoms with Crippen molar-refractivity contribution >= 4 is 5.91 Å². The molecule has 0 aromatic heterocycles. The summed E-state index contributed by atoms with van der Waals surface area (Å²) >= 11 is 0. The molecule has 0 fully saturated rings. The third-order valence-electron chi connectivity index (χ3n) is 2.06. The Kier molecular flexibility index (Phi) is 4.25. The average Bonchev–Trinajstić information content (AvgIpc) is 2.29. The van der Waals surface area contributed by atoms with Crippen LogP contribution in [0.4, 0.5) is 4.39 Å². The molecule has 1 amide bonds. The van der Waals surface area contributed by atoms with E-state index in [1.165, 1.54) is 19.2 Å². The quantitative estimate of drug-likeness (QED) is 0.805. The fourth-order valence-corrected chi connectivity index (χ4v) is 1.15. The lowest BCUT2D eigenvalue weighted by Gasteiger charge is -2.11. The molecular weight excluding hydrogens is 213 g/mol. The van der Waals surface area contributed by atoms with Gasteiger partial charge in [0.25, 0.3) is 5.91 Å². The van der Waals surface area contributed by atoms with Crippen LogP contribution in [-0.2, 0) is 0 Å². The molecule has 16 heavy (non-hydrogen) atoms. The Hall–Kier alpha value is -1.62. The van der Waals surface area contributed by atoms with Crippen LogP contribution in [0.15, 0.2) is 18.2 Å². The zero-order chi connectivity index (χ0) is 12.1. The van der Waals surface area contributed by atoms with Gasteiger partial charge in [-0.25, -0.2) is 4.39 Å². The number of amides is 1. The predicted octanol–water partition coefficient (Wildman–Crippen LogP) is 0.945. The second-order valence-electron chi connectivity index (χ2n) is 3.41. The number of ether oxygens (including phenoxy) is 1. The molecule has 2 N–H and O–H groups in total. The Balaban J connectivity index is 2.84. The highest BCUT2D eigenvalue weighted by atomic mass is 19.1. The number of methoxy groups -OCH3 is 1. The van der Waals surface area contributed by atoms with Gasteiger partial charge in [0, 0.05) is 11.6 Å². The number of benzene rings is 1. The first-order chi connectivity index (χ1) is 7.58. The molecule has 4 nitrogen and oxygen atoms in total. The first-order valence-electron chi connectivity index (χ1n) is 4.83. The minimum atomic E-state index is -0.519. The predicted molar refractivity (Wildman–Crippen MR) is 57.0 cm³/mol. The maximum atomic E-state index is 13.1. The molecule has 88 valence electrons. The summed E-state index contributed by atoms with van der Waals surface area (Å²) < 4.78 is 17.8. The minimum Gasteiger partial charge on any atom is -0.494 e. The lowest BCUT2D eigenvalue weighted by atomic mass is 10.2. The summed E-state index contributed by atoms with van der Waals surface area (Å²) in [7, 11) is 1.33. The summed E-state index contributed by atoms with van der Waals surface area (Å²) in [5.74, 6) is -0.876. The van der Waals surface area contributed by atoms with E-state index in [0.717, 1.165) is 6.07 Å². The third-order valence-corrected chi connectivity index (χ3v) is 2.06. The van der Waals surface area contributed by atoms with Crippen molar-refractivity contribution in [3.8, 4) is 5.75 Å². The molecule has 0 spiro atoms. The third kappa shape index (κ3) is 2.93. The Morgan fingerprint density at radius 3 is 2.88 bits per heavy atom. The number of rotatable bonds is 4. The molecule has 0 aliphatic carbocycles. The highest BCUT2D eigenvalue weighted by molar-refractivity contribution is 5.94. The summed E-state index contributed by atoms with van der Waals surface area (Å²) in [6.07, 6.45) is 0. The van der Waals surface area contributed by atoms with Crippen molar-refractivity contribution in [2.24, 2.45) is 0 Å². The summed E-state index contributed by atoms with van der Waals surface area (Å²) in [6, 6.07) is 3.49. The van der Waals surface area contributed by atoms with E-state index in [4.69, 9.17) is 9.84 Å². The molecule has 0 aliphatic rings. The maximum absolute atomic E-state index is 13.1. The van der Waals surface area contributed by atoms with Gasteiger partial charge in [-0.05, 0) is 25.1 Å². The van der Waals surface area contributed by atoms with Gasteiger partial charge in [0.05, 0.1) is 13.7 Å². The number of nitrogens with one attached hydrogen (secondary N) is 1. The molecule has 1 aromatic rings. The van der Waals surface area contributed by atoms with Gasteiger partial charge in [-0.1, -0.05) is 0 Å². The Bertz CT molecular complexity index is 381. The number of aliphatic hydroxyl groups is 1. The van der Waals surface area contributed by atoms with Crippen molar-refractivity contribution in [2.75, 3.05) is 13.7 Å². The van der Waals surface area contributed by atoms with Crippen LogP contribution in [0.25, 0.3) is 0 Å². The van der Waals surface area contributed by atoms with Crippen LogP contribution in [0.3, 0.4) is 0 Å². The van der Waals surface area contributed by atoms with Crippen LogP contribution in [0, 0.1) is 5.82 Å². The highest BCUT2D eigenvalue weighted by Gasteiger charge is 2.11. The molecule has 0 saturated carbocycles. The summed E-state index contributed by atoms with van der Waals surface area (Å²) in [5, 5.41) is 11.3. The topological polar surface area (TPSA) is 58.6 Å². The van der Waals surface area contributed by atoms with Gasteiger partial charge in [0.15, 0.2) is 11.6 Å². The van der Waals surface area contributed by atoms with Crippen LogP contribution in [0.1, 0.15) is 17.3 Å². The Labute approximate surface area is 93.0 Å². The second-order valence-corrected chi connectivity index (χ2v) is 3.41. The van der Waals surface area contributed by atoms with E-state index in [9.17, 15) is 9.18 Å². The van der Waals surface area contributed by atoms with E-state index in [1.807, 2.05) is 0 Å². The molecular formula is C11H14FNO3. The van der Waals surface area contributed by atoms with E-state index < -0.39 is 5.82 Å². The Morgan fingerprint density at radius 2 is 2.31 bits per heavy atom. The molecule has 1 aromatic carbocycles. The first kappa shape index (κ1) is 12.4. The number of carbonyl (C=O) groups is 1. The van der Waals surface area contributed by atoms with Crippen LogP contribution < -0.4 is 10.1 Å². The monoisotopic (exact) mass is 227 g/mol. The van der Waals surface area contributed by atoms with Crippen LogP contribution in [0.2, 0.25) is 0 Å². The average molecular weight is 227 g/mol. The fourth-order valence-electron chi connectivity index (χ4n) is 1.15. The van der Waals surface area contributed by atoms with Crippen LogP contribution >= 0.6 is 0 Å². The van der Waals surface area contributed by atoms with Crippen LogP contribution in [0.5, 0.6) is 5.75 Å². The van der Waals surface area contributed by atoms with Gasteiger partial charge >= 0.3 is 0 Å². The number of aliphatic hydroxyl groups excluding tert-OH is 1. The van der Waals surface area contributed by atoms with Crippen molar-refractivity contribution in [3.63, 3.8) is 0 Å². The molecule has 0 aliphatic heterocycles.